The van der Waals surface area contributed by atoms with Gasteiger partial charge < -0.3 is 20.3 Å². The van der Waals surface area contributed by atoms with E-state index >= 15 is 0 Å². The Labute approximate surface area is 175 Å². The fourth-order valence-electron chi connectivity index (χ4n) is 3.23. The first kappa shape index (κ1) is 24.0. The van der Waals surface area contributed by atoms with Gasteiger partial charge in [-0.25, -0.2) is 4.98 Å². The number of nitrogens with zero attached hydrogens (tertiary/aromatic N) is 3. The van der Waals surface area contributed by atoms with Crippen LogP contribution in [0, 0.1) is 0 Å². The van der Waals surface area contributed by atoms with Crippen LogP contribution in [0.3, 0.4) is 0 Å². The standard InChI is InChI=1S/C17H28F3N5O.HI/c1-3-21-15(24-13-7-5-4-6-8-13)23-10-9-16(26,17(18,19)20)14-22-11-12-25(14)2;/h11-13,26H,3-10H2,1-2H3,(H2,21,23,24);1H. The zero-order valence-corrected chi connectivity index (χ0v) is 18.1. The summed E-state index contributed by atoms with van der Waals surface area (Å²) in [4.78, 5) is 7.94. The molecule has 10 heteroatoms. The molecule has 1 aliphatic rings. The first-order chi connectivity index (χ1) is 12.3. The van der Waals surface area contributed by atoms with Gasteiger partial charge in [0, 0.05) is 45.0 Å². The first-order valence-electron chi connectivity index (χ1n) is 9.09. The second kappa shape index (κ2) is 10.5. The molecule has 1 unspecified atom stereocenters. The predicted octanol–water partition coefficient (Wildman–Crippen LogP) is 3.07. The Hall–Kier alpha value is -1.04. The third kappa shape index (κ3) is 6.23. The summed E-state index contributed by atoms with van der Waals surface area (Å²) in [6, 6.07) is 0.289. The highest BCUT2D eigenvalue weighted by molar-refractivity contribution is 14.0. The maximum atomic E-state index is 13.5. The highest BCUT2D eigenvalue weighted by Gasteiger charge is 2.57. The van der Waals surface area contributed by atoms with E-state index in [0.717, 1.165) is 25.7 Å². The van der Waals surface area contributed by atoms with Crippen LogP contribution in [0.15, 0.2) is 17.4 Å². The second-order valence-electron chi connectivity index (χ2n) is 6.71. The molecule has 1 aliphatic carbocycles. The Morgan fingerprint density at radius 2 is 2.00 bits per heavy atom. The molecule has 1 fully saturated rings. The van der Waals surface area contributed by atoms with Crippen LogP contribution in [-0.4, -0.2) is 45.9 Å². The summed E-state index contributed by atoms with van der Waals surface area (Å²) in [7, 11) is 1.43. The Kier molecular flexibility index (Phi) is 9.32. The summed E-state index contributed by atoms with van der Waals surface area (Å²) in [5.74, 6) is 0.0641. The minimum atomic E-state index is -4.84. The van der Waals surface area contributed by atoms with Crippen LogP contribution < -0.4 is 10.6 Å². The summed E-state index contributed by atoms with van der Waals surface area (Å²) in [5, 5.41) is 16.7. The number of nitrogens with one attached hydrogen (secondary N) is 2. The van der Waals surface area contributed by atoms with Gasteiger partial charge in [0.2, 0.25) is 5.60 Å². The number of alkyl halides is 3. The topological polar surface area (TPSA) is 74.5 Å². The Morgan fingerprint density at radius 1 is 1.33 bits per heavy atom. The van der Waals surface area contributed by atoms with E-state index in [-0.39, 0.29) is 36.6 Å². The molecule has 1 aromatic heterocycles. The van der Waals surface area contributed by atoms with E-state index in [1.807, 2.05) is 6.92 Å². The molecule has 3 N–H and O–H groups in total. The van der Waals surface area contributed by atoms with Gasteiger partial charge in [-0.15, -0.1) is 24.0 Å². The van der Waals surface area contributed by atoms with Gasteiger partial charge in [0.25, 0.3) is 0 Å². The Morgan fingerprint density at radius 3 is 2.52 bits per heavy atom. The minimum absolute atomic E-state index is 0. The van der Waals surface area contributed by atoms with Crippen molar-refractivity contribution in [1.29, 1.82) is 0 Å². The number of aliphatic imine (C=N–C) groups is 1. The van der Waals surface area contributed by atoms with E-state index in [1.165, 1.54) is 30.4 Å². The molecule has 1 saturated carbocycles. The average molecular weight is 503 g/mol. The second-order valence-corrected chi connectivity index (χ2v) is 6.71. The zero-order valence-electron chi connectivity index (χ0n) is 15.7. The lowest BCUT2D eigenvalue weighted by Crippen LogP contribution is -2.46. The number of hydrogen-bond donors (Lipinski definition) is 3. The predicted molar refractivity (Wildman–Crippen MR) is 109 cm³/mol. The van der Waals surface area contributed by atoms with Crippen LogP contribution in [0.2, 0.25) is 0 Å². The molecule has 0 bridgehead atoms. The molecule has 1 aromatic rings. The number of imidazole rings is 1. The van der Waals surface area contributed by atoms with Crippen LogP contribution in [0.4, 0.5) is 13.2 Å². The Bertz CT molecular complexity index is 602. The van der Waals surface area contributed by atoms with Crippen molar-refractivity contribution >= 4 is 29.9 Å². The molecular weight excluding hydrogens is 474 g/mol. The smallest absolute Gasteiger partial charge is 0.374 e. The first-order valence-corrected chi connectivity index (χ1v) is 9.09. The van der Waals surface area contributed by atoms with Gasteiger partial charge in [0.1, 0.15) is 5.82 Å². The van der Waals surface area contributed by atoms with Gasteiger partial charge in [0.15, 0.2) is 5.96 Å². The van der Waals surface area contributed by atoms with E-state index in [2.05, 4.69) is 20.6 Å². The van der Waals surface area contributed by atoms with Gasteiger partial charge in [0.05, 0.1) is 0 Å². The van der Waals surface area contributed by atoms with Crippen molar-refractivity contribution in [2.45, 2.75) is 63.3 Å². The van der Waals surface area contributed by atoms with Crippen molar-refractivity contribution in [3.05, 3.63) is 18.2 Å². The average Bonchev–Trinajstić information content (AvgIpc) is 3.01. The lowest BCUT2D eigenvalue weighted by atomic mass is 9.96. The van der Waals surface area contributed by atoms with Crippen molar-refractivity contribution in [3.8, 4) is 0 Å². The van der Waals surface area contributed by atoms with Crippen molar-refractivity contribution in [3.63, 3.8) is 0 Å². The normalized spacial score (nSPS) is 18.5. The molecule has 0 saturated heterocycles. The molecule has 6 nitrogen and oxygen atoms in total. The molecule has 0 spiro atoms. The van der Waals surface area contributed by atoms with Crippen LogP contribution >= 0.6 is 24.0 Å². The molecule has 0 radical (unpaired) electrons. The summed E-state index contributed by atoms with van der Waals surface area (Å²) in [5.41, 5.74) is -3.03. The van der Waals surface area contributed by atoms with Crippen LogP contribution in [0.1, 0.15) is 51.3 Å². The van der Waals surface area contributed by atoms with Crippen LogP contribution in [0.25, 0.3) is 0 Å². The van der Waals surface area contributed by atoms with Gasteiger partial charge in [-0.3, -0.25) is 4.99 Å². The van der Waals surface area contributed by atoms with Gasteiger partial charge in [-0.2, -0.15) is 13.2 Å². The van der Waals surface area contributed by atoms with Gasteiger partial charge in [-0.05, 0) is 19.8 Å². The Balaban J connectivity index is 0.00000364. The van der Waals surface area contributed by atoms with Gasteiger partial charge in [-0.1, -0.05) is 19.3 Å². The fourth-order valence-corrected chi connectivity index (χ4v) is 3.23. The van der Waals surface area contributed by atoms with Gasteiger partial charge >= 0.3 is 6.18 Å². The number of aliphatic hydroxyl groups is 1. The lowest BCUT2D eigenvalue weighted by molar-refractivity contribution is -0.272. The molecule has 0 aliphatic heterocycles. The van der Waals surface area contributed by atoms with Crippen molar-refractivity contribution in [2.75, 3.05) is 13.1 Å². The van der Waals surface area contributed by atoms with E-state index in [9.17, 15) is 18.3 Å². The SMILES string of the molecule is CCNC(=NCCC(O)(c1nccn1C)C(F)(F)F)NC1CCCCC1.I. The fraction of sp³-hybridized carbons (Fsp3) is 0.765. The third-order valence-corrected chi connectivity index (χ3v) is 4.69. The molecule has 156 valence electrons. The zero-order chi connectivity index (χ0) is 19.2. The van der Waals surface area contributed by atoms with E-state index in [1.54, 1.807) is 0 Å². The molecular formula is C17H29F3IN5O. The largest absolute Gasteiger partial charge is 0.424 e. The maximum Gasteiger partial charge on any atom is 0.424 e. The van der Waals surface area contributed by atoms with Crippen LogP contribution in [0.5, 0.6) is 0 Å². The summed E-state index contributed by atoms with van der Waals surface area (Å²) >= 11 is 0. The highest BCUT2D eigenvalue weighted by Crippen LogP contribution is 2.40. The molecule has 0 amide bonds. The summed E-state index contributed by atoms with van der Waals surface area (Å²) < 4.78 is 41.7. The van der Waals surface area contributed by atoms with Crippen molar-refractivity contribution < 1.29 is 18.3 Å². The van der Waals surface area contributed by atoms with Crippen molar-refractivity contribution in [1.82, 2.24) is 20.2 Å². The van der Waals surface area contributed by atoms with Crippen molar-refractivity contribution in [2.24, 2.45) is 12.0 Å². The lowest BCUT2D eigenvalue weighted by Gasteiger charge is -2.29. The molecule has 27 heavy (non-hydrogen) atoms. The number of guanidine groups is 1. The molecule has 2 rings (SSSR count). The molecule has 1 heterocycles. The summed E-state index contributed by atoms with van der Waals surface area (Å²) in [6.45, 7) is 2.34. The maximum absolute atomic E-state index is 13.5. The number of aryl methyl sites for hydroxylation is 1. The highest BCUT2D eigenvalue weighted by atomic mass is 127. The van der Waals surface area contributed by atoms with E-state index in [0.29, 0.717) is 12.5 Å². The monoisotopic (exact) mass is 503 g/mol. The van der Waals surface area contributed by atoms with E-state index in [4.69, 9.17) is 0 Å². The molecule has 1 atom stereocenters. The van der Waals surface area contributed by atoms with Crippen LogP contribution in [-0.2, 0) is 12.6 Å². The number of aromatic nitrogens is 2. The molecule has 0 aromatic carbocycles. The van der Waals surface area contributed by atoms with E-state index < -0.39 is 24.0 Å². The number of halogens is 4. The third-order valence-electron chi connectivity index (χ3n) is 4.69. The summed E-state index contributed by atoms with van der Waals surface area (Å²) in [6.07, 6.45) is 2.75. The quantitative estimate of drug-likeness (QED) is 0.317. The minimum Gasteiger partial charge on any atom is -0.374 e. The number of rotatable bonds is 6. The number of hydrogen-bond acceptors (Lipinski definition) is 3.